The summed E-state index contributed by atoms with van der Waals surface area (Å²) in [4.78, 5) is 27.6. The third-order valence-corrected chi connectivity index (χ3v) is 5.60. The molecule has 0 spiro atoms. The molecule has 0 radical (unpaired) electrons. The van der Waals surface area contributed by atoms with Gasteiger partial charge in [0.2, 0.25) is 0 Å². The van der Waals surface area contributed by atoms with Crippen LogP contribution in [0.5, 0.6) is 5.75 Å². The van der Waals surface area contributed by atoms with Crippen molar-refractivity contribution in [3.63, 3.8) is 0 Å². The molecule has 1 heterocycles. The number of para-hydroxylation sites is 1. The molecule has 1 saturated heterocycles. The fourth-order valence-corrected chi connectivity index (χ4v) is 3.91. The van der Waals surface area contributed by atoms with Crippen molar-refractivity contribution in [1.82, 2.24) is 4.90 Å². The van der Waals surface area contributed by atoms with Crippen LogP contribution in [0.25, 0.3) is 0 Å². The van der Waals surface area contributed by atoms with Crippen LogP contribution in [0, 0.1) is 6.92 Å². The first kappa shape index (κ1) is 21.9. The number of piperidine rings is 1. The highest BCUT2D eigenvalue weighted by molar-refractivity contribution is 6.04. The monoisotopic (exact) mass is 408 g/mol. The van der Waals surface area contributed by atoms with Gasteiger partial charge in [0.15, 0.2) is 6.10 Å². The van der Waals surface area contributed by atoms with E-state index in [4.69, 9.17) is 4.74 Å². The predicted octanol–water partition coefficient (Wildman–Crippen LogP) is 5.15. The van der Waals surface area contributed by atoms with Crippen LogP contribution >= 0.6 is 0 Å². The maximum Gasteiger partial charge on any atom is 0.265 e. The predicted molar refractivity (Wildman–Crippen MR) is 120 cm³/mol. The zero-order chi connectivity index (χ0) is 21.7. The summed E-state index contributed by atoms with van der Waals surface area (Å²) in [6, 6.07) is 13.1. The third-order valence-electron chi connectivity index (χ3n) is 5.60. The number of benzene rings is 2. The fraction of sp³-hybridized carbons (Fsp3) is 0.440. The van der Waals surface area contributed by atoms with Gasteiger partial charge in [-0.1, -0.05) is 32.0 Å². The lowest BCUT2D eigenvalue weighted by Gasteiger charge is -2.27. The zero-order valence-corrected chi connectivity index (χ0v) is 18.4. The molecule has 1 unspecified atom stereocenters. The third kappa shape index (κ3) is 5.21. The van der Waals surface area contributed by atoms with Crippen molar-refractivity contribution in [3.8, 4) is 5.75 Å². The summed E-state index contributed by atoms with van der Waals surface area (Å²) in [5.41, 5.74) is 3.47. The van der Waals surface area contributed by atoms with Gasteiger partial charge in [-0.2, -0.15) is 0 Å². The highest BCUT2D eigenvalue weighted by Crippen LogP contribution is 2.25. The lowest BCUT2D eigenvalue weighted by Crippen LogP contribution is -2.36. The molecule has 0 bridgehead atoms. The molecule has 5 nitrogen and oxygen atoms in total. The topological polar surface area (TPSA) is 58.6 Å². The molecule has 160 valence electrons. The smallest absolute Gasteiger partial charge is 0.265 e. The second kappa shape index (κ2) is 9.79. The van der Waals surface area contributed by atoms with E-state index < -0.39 is 6.10 Å². The van der Waals surface area contributed by atoms with Crippen LogP contribution in [0.15, 0.2) is 42.5 Å². The average molecular weight is 409 g/mol. The molecule has 2 amide bonds. The Morgan fingerprint density at radius 1 is 1.00 bits per heavy atom. The van der Waals surface area contributed by atoms with Gasteiger partial charge >= 0.3 is 0 Å². The second-order valence-corrected chi connectivity index (χ2v) is 8.32. The van der Waals surface area contributed by atoms with Crippen molar-refractivity contribution < 1.29 is 14.3 Å². The lowest BCUT2D eigenvalue weighted by atomic mass is 9.98. The number of nitrogens with one attached hydrogen (secondary N) is 1. The van der Waals surface area contributed by atoms with Gasteiger partial charge in [-0.05, 0) is 74.4 Å². The van der Waals surface area contributed by atoms with Gasteiger partial charge in [-0.3, -0.25) is 9.59 Å². The van der Waals surface area contributed by atoms with Gasteiger partial charge in [-0.15, -0.1) is 0 Å². The number of rotatable bonds is 6. The molecule has 0 aromatic heterocycles. The van der Waals surface area contributed by atoms with Gasteiger partial charge in [0.1, 0.15) is 5.75 Å². The van der Waals surface area contributed by atoms with E-state index in [1.807, 2.05) is 35.2 Å². The Balaban J connectivity index is 1.68. The number of ether oxygens (including phenoxy) is 1. The van der Waals surface area contributed by atoms with Gasteiger partial charge in [0, 0.05) is 13.1 Å². The molecule has 2 aromatic rings. The maximum absolute atomic E-state index is 12.9. The molecule has 0 aliphatic carbocycles. The van der Waals surface area contributed by atoms with E-state index in [-0.39, 0.29) is 11.8 Å². The average Bonchev–Trinajstić information content (AvgIpc) is 2.74. The van der Waals surface area contributed by atoms with Crippen molar-refractivity contribution >= 4 is 17.5 Å². The first-order chi connectivity index (χ1) is 14.4. The van der Waals surface area contributed by atoms with Gasteiger partial charge in [0.25, 0.3) is 11.8 Å². The molecule has 1 atom stereocenters. The molecular weight excluding hydrogens is 376 g/mol. The minimum atomic E-state index is -0.688. The van der Waals surface area contributed by atoms with Crippen molar-refractivity contribution in [1.29, 1.82) is 0 Å². The molecule has 30 heavy (non-hydrogen) atoms. The minimum Gasteiger partial charge on any atom is -0.481 e. The molecule has 1 fully saturated rings. The van der Waals surface area contributed by atoms with E-state index >= 15 is 0 Å². The largest absolute Gasteiger partial charge is 0.481 e. The fourth-order valence-electron chi connectivity index (χ4n) is 3.91. The molecular formula is C25H32N2O3. The number of carbonyl (C=O) groups excluding carboxylic acids is 2. The Bertz CT molecular complexity index is 901. The summed E-state index contributed by atoms with van der Waals surface area (Å²) in [6.07, 6.45) is 2.53. The van der Waals surface area contributed by atoms with Crippen LogP contribution in [-0.2, 0) is 4.79 Å². The van der Waals surface area contributed by atoms with Crippen LogP contribution < -0.4 is 10.1 Å². The van der Waals surface area contributed by atoms with Crippen LogP contribution in [0.1, 0.15) is 67.4 Å². The summed E-state index contributed by atoms with van der Waals surface area (Å²) in [7, 11) is 0. The van der Waals surface area contributed by atoms with E-state index in [2.05, 4.69) is 26.1 Å². The van der Waals surface area contributed by atoms with Crippen molar-refractivity contribution in [2.24, 2.45) is 0 Å². The van der Waals surface area contributed by atoms with Crippen molar-refractivity contribution in [2.45, 2.75) is 59.0 Å². The minimum absolute atomic E-state index is 0.0286. The number of hydrogen-bond donors (Lipinski definition) is 1. The highest BCUT2D eigenvalue weighted by atomic mass is 16.5. The van der Waals surface area contributed by atoms with E-state index in [9.17, 15) is 9.59 Å². The number of anilines is 1. The summed E-state index contributed by atoms with van der Waals surface area (Å²) < 4.78 is 5.87. The Kier molecular flexibility index (Phi) is 7.14. The number of hydrogen-bond acceptors (Lipinski definition) is 3. The molecule has 2 aromatic carbocycles. The Morgan fingerprint density at radius 3 is 2.37 bits per heavy atom. The summed E-state index contributed by atoms with van der Waals surface area (Å²) >= 11 is 0. The number of aryl methyl sites for hydroxylation is 1. The molecule has 1 N–H and O–H groups in total. The van der Waals surface area contributed by atoms with E-state index in [0.29, 0.717) is 22.9 Å². The molecule has 1 aliphatic heterocycles. The first-order valence-corrected chi connectivity index (χ1v) is 10.8. The SMILES string of the molecule is Cc1cc(OC(C)C(=O)Nc2ccccc2C(=O)N2CCCCC2)ccc1C(C)C. The van der Waals surface area contributed by atoms with Crippen LogP contribution in [0.4, 0.5) is 5.69 Å². The normalized spacial score (nSPS) is 15.0. The summed E-state index contributed by atoms with van der Waals surface area (Å²) in [5, 5.41) is 2.88. The first-order valence-electron chi connectivity index (χ1n) is 10.8. The van der Waals surface area contributed by atoms with E-state index in [1.54, 1.807) is 19.1 Å². The molecule has 1 aliphatic rings. The molecule has 5 heteroatoms. The zero-order valence-electron chi connectivity index (χ0n) is 18.4. The van der Waals surface area contributed by atoms with Gasteiger partial charge in [-0.25, -0.2) is 0 Å². The molecule has 3 rings (SSSR count). The van der Waals surface area contributed by atoms with E-state index in [1.165, 1.54) is 5.56 Å². The van der Waals surface area contributed by atoms with Crippen molar-refractivity contribution in [2.75, 3.05) is 18.4 Å². The summed E-state index contributed by atoms with van der Waals surface area (Å²) in [5.74, 6) is 0.796. The van der Waals surface area contributed by atoms with Crippen LogP contribution in [0.3, 0.4) is 0 Å². The van der Waals surface area contributed by atoms with Gasteiger partial charge < -0.3 is 15.0 Å². The lowest BCUT2D eigenvalue weighted by molar-refractivity contribution is -0.122. The number of amides is 2. The second-order valence-electron chi connectivity index (χ2n) is 8.32. The van der Waals surface area contributed by atoms with E-state index in [0.717, 1.165) is 37.9 Å². The molecule has 0 saturated carbocycles. The van der Waals surface area contributed by atoms with Crippen LogP contribution in [0.2, 0.25) is 0 Å². The Hall–Kier alpha value is -2.82. The maximum atomic E-state index is 12.9. The standard InChI is InChI=1S/C25H32N2O3/c1-17(2)21-13-12-20(16-18(21)3)30-19(4)24(28)26-23-11-7-6-10-22(23)25(29)27-14-8-5-9-15-27/h6-7,10-13,16-17,19H,5,8-9,14-15H2,1-4H3,(H,26,28). The number of carbonyl (C=O) groups is 2. The quantitative estimate of drug-likeness (QED) is 0.719. The van der Waals surface area contributed by atoms with Gasteiger partial charge in [0.05, 0.1) is 11.3 Å². The Labute approximate surface area is 179 Å². The number of nitrogens with zero attached hydrogens (tertiary/aromatic N) is 1. The summed E-state index contributed by atoms with van der Waals surface area (Å²) in [6.45, 7) is 9.62. The number of likely N-dealkylation sites (tertiary alicyclic amines) is 1. The van der Waals surface area contributed by atoms with Crippen LogP contribution in [-0.4, -0.2) is 35.9 Å². The Morgan fingerprint density at radius 2 is 1.70 bits per heavy atom. The van der Waals surface area contributed by atoms with Crippen molar-refractivity contribution in [3.05, 3.63) is 59.2 Å². The highest BCUT2D eigenvalue weighted by Gasteiger charge is 2.23.